The van der Waals surface area contributed by atoms with Crippen molar-refractivity contribution in [1.29, 1.82) is 0 Å². The zero-order chi connectivity index (χ0) is 29.5. The van der Waals surface area contributed by atoms with Crippen LogP contribution in [0.1, 0.15) is 23.9 Å². The molecule has 1 aromatic carbocycles. The summed E-state index contributed by atoms with van der Waals surface area (Å²) in [6, 6.07) is 3.96. The molecule has 12 nitrogen and oxygen atoms in total. The summed E-state index contributed by atoms with van der Waals surface area (Å²) < 4.78 is 37.1. The Bertz CT molecular complexity index is 1330. The number of aromatic nitrogens is 3. The van der Waals surface area contributed by atoms with Gasteiger partial charge in [-0.3, -0.25) is 4.90 Å². The number of hydrogen-bond acceptors (Lipinski definition) is 11. The molecule has 1 aliphatic heterocycles. The standard InChI is InChI=1S/C28H37FN6O6/c1-6-39-28(37)35-9-10-38-14-19(35)12-31-26-16(2)25(24-17(3)34-41-18(24)4)32-27(33-26)22-11-21(7-8-23(22)29)40-15-20(36)13-30-5/h7-8,11,19-20,30,36H,6,9-10,12-15H2,1-5H3,(H,31,32,33)/t19-,20+/m0/s1. The van der Waals surface area contributed by atoms with Crippen LogP contribution in [-0.2, 0) is 9.47 Å². The lowest BCUT2D eigenvalue weighted by Gasteiger charge is -2.35. The number of aliphatic hydroxyl groups is 1. The van der Waals surface area contributed by atoms with Crippen LogP contribution in [0, 0.1) is 26.6 Å². The topological polar surface area (TPSA) is 144 Å². The van der Waals surface area contributed by atoms with E-state index in [1.165, 1.54) is 18.2 Å². The minimum atomic E-state index is -0.732. The van der Waals surface area contributed by atoms with Gasteiger partial charge in [-0.15, -0.1) is 0 Å². The Labute approximate surface area is 238 Å². The second-order valence-electron chi connectivity index (χ2n) is 9.73. The number of hydrogen-bond donors (Lipinski definition) is 3. The Balaban J connectivity index is 1.70. The normalized spacial score (nSPS) is 16.0. The number of nitrogens with zero attached hydrogens (tertiary/aromatic N) is 4. The molecule has 222 valence electrons. The first-order chi connectivity index (χ1) is 19.7. The quantitative estimate of drug-likeness (QED) is 0.312. The molecule has 1 amide bonds. The molecule has 1 fully saturated rings. The van der Waals surface area contributed by atoms with E-state index in [0.29, 0.717) is 72.7 Å². The Kier molecular flexibility index (Phi) is 10.1. The first kappa shape index (κ1) is 30.2. The first-order valence-corrected chi connectivity index (χ1v) is 13.6. The summed E-state index contributed by atoms with van der Waals surface area (Å²) in [6.45, 7) is 9.32. The van der Waals surface area contributed by atoms with E-state index in [2.05, 4.69) is 20.8 Å². The summed E-state index contributed by atoms with van der Waals surface area (Å²) in [4.78, 5) is 23.6. The number of ether oxygens (including phenoxy) is 3. The van der Waals surface area contributed by atoms with Crippen molar-refractivity contribution in [3.05, 3.63) is 41.0 Å². The fraction of sp³-hybridized carbons (Fsp3) is 0.500. The number of morpholine rings is 1. The number of halogens is 1. The molecule has 13 heteroatoms. The Morgan fingerprint density at radius 2 is 2.10 bits per heavy atom. The highest BCUT2D eigenvalue weighted by molar-refractivity contribution is 5.75. The van der Waals surface area contributed by atoms with Gasteiger partial charge in [0.1, 0.15) is 35.9 Å². The Morgan fingerprint density at radius 1 is 1.29 bits per heavy atom. The predicted octanol–water partition coefficient (Wildman–Crippen LogP) is 3.09. The van der Waals surface area contributed by atoms with Crippen LogP contribution >= 0.6 is 0 Å². The molecular weight excluding hydrogens is 535 g/mol. The Morgan fingerprint density at radius 3 is 2.80 bits per heavy atom. The van der Waals surface area contributed by atoms with Crippen LogP contribution in [0.25, 0.3) is 22.6 Å². The molecule has 2 aromatic heterocycles. The number of carbonyl (C=O) groups is 1. The number of rotatable bonds is 11. The fourth-order valence-electron chi connectivity index (χ4n) is 4.61. The maximum Gasteiger partial charge on any atom is 0.410 e. The molecule has 0 saturated carbocycles. The summed E-state index contributed by atoms with van der Waals surface area (Å²) in [5.74, 6) is 0.954. The predicted molar refractivity (Wildman–Crippen MR) is 149 cm³/mol. The van der Waals surface area contributed by atoms with Crippen molar-refractivity contribution in [1.82, 2.24) is 25.3 Å². The van der Waals surface area contributed by atoms with Gasteiger partial charge < -0.3 is 34.5 Å². The van der Waals surface area contributed by atoms with Crippen LogP contribution in [0.3, 0.4) is 0 Å². The zero-order valence-electron chi connectivity index (χ0n) is 24.0. The van der Waals surface area contributed by atoms with E-state index < -0.39 is 18.0 Å². The number of anilines is 1. The molecule has 1 saturated heterocycles. The van der Waals surface area contributed by atoms with Gasteiger partial charge in [0.25, 0.3) is 0 Å². The third-order valence-corrected chi connectivity index (χ3v) is 6.71. The van der Waals surface area contributed by atoms with E-state index >= 15 is 4.39 Å². The van der Waals surface area contributed by atoms with E-state index in [1.807, 2.05) is 13.8 Å². The number of carbonyl (C=O) groups excluding carboxylic acids is 1. The number of aliphatic hydroxyl groups excluding tert-OH is 1. The molecule has 3 aromatic rings. The SMILES string of the molecule is CCOC(=O)N1CCOC[C@@H]1CNc1nc(-c2cc(OC[C@H](O)CNC)ccc2F)nc(-c2c(C)noc2C)c1C. The van der Waals surface area contributed by atoms with Crippen molar-refractivity contribution in [3.8, 4) is 28.4 Å². The van der Waals surface area contributed by atoms with Crippen LogP contribution < -0.4 is 15.4 Å². The smallest absolute Gasteiger partial charge is 0.410 e. The fourth-order valence-corrected chi connectivity index (χ4v) is 4.61. The number of nitrogens with one attached hydrogen (secondary N) is 2. The molecule has 0 unspecified atom stereocenters. The van der Waals surface area contributed by atoms with E-state index in [-0.39, 0.29) is 30.6 Å². The molecule has 3 N–H and O–H groups in total. The van der Waals surface area contributed by atoms with Crippen LogP contribution in [0.2, 0.25) is 0 Å². The van der Waals surface area contributed by atoms with Gasteiger partial charge in [-0.05, 0) is 52.9 Å². The van der Waals surface area contributed by atoms with Gasteiger partial charge in [-0.1, -0.05) is 5.16 Å². The number of benzene rings is 1. The third kappa shape index (κ3) is 7.10. The largest absolute Gasteiger partial charge is 0.491 e. The van der Waals surface area contributed by atoms with Crippen LogP contribution in [0.5, 0.6) is 5.75 Å². The average Bonchev–Trinajstić information content (AvgIpc) is 3.29. The van der Waals surface area contributed by atoms with Gasteiger partial charge in [-0.25, -0.2) is 19.2 Å². The van der Waals surface area contributed by atoms with Crippen molar-refractivity contribution < 1.29 is 33.0 Å². The maximum absolute atomic E-state index is 15.2. The molecule has 0 spiro atoms. The zero-order valence-corrected chi connectivity index (χ0v) is 24.0. The van der Waals surface area contributed by atoms with Crippen LogP contribution in [-0.4, -0.2) is 96.5 Å². The highest BCUT2D eigenvalue weighted by Crippen LogP contribution is 2.34. The van der Waals surface area contributed by atoms with Crippen molar-refractivity contribution >= 4 is 11.9 Å². The Hall–Kier alpha value is -3.81. The van der Waals surface area contributed by atoms with Crippen molar-refractivity contribution in [2.24, 2.45) is 0 Å². The van der Waals surface area contributed by atoms with Gasteiger partial charge in [-0.2, -0.15) is 0 Å². The average molecular weight is 573 g/mol. The molecule has 41 heavy (non-hydrogen) atoms. The summed E-state index contributed by atoms with van der Waals surface area (Å²) in [5, 5.41) is 20.3. The minimum Gasteiger partial charge on any atom is -0.491 e. The molecule has 0 bridgehead atoms. The molecule has 3 heterocycles. The molecule has 4 rings (SSSR count). The molecular formula is C28H37FN6O6. The highest BCUT2D eigenvalue weighted by atomic mass is 19.1. The number of amides is 1. The van der Waals surface area contributed by atoms with Crippen molar-refractivity contribution in [2.75, 3.05) is 58.4 Å². The van der Waals surface area contributed by atoms with Crippen LogP contribution in [0.15, 0.2) is 22.7 Å². The minimum absolute atomic E-state index is 0.0260. The number of aryl methyl sites for hydroxylation is 2. The van der Waals surface area contributed by atoms with E-state index in [0.717, 1.165) is 0 Å². The summed E-state index contributed by atoms with van der Waals surface area (Å²) >= 11 is 0. The summed E-state index contributed by atoms with van der Waals surface area (Å²) in [6.07, 6.45) is -1.14. The lowest BCUT2D eigenvalue weighted by Crippen LogP contribution is -2.52. The second kappa shape index (κ2) is 13.7. The van der Waals surface area contributed by atoms with Gasteiger partial charge in [0, 0.05) is 25.2 Å². The van der Waals surface area contributed by atoms with E-state index in [1.54, 1.807) is 25.8 Å². The van der Waals surface area contributed by atoms with E-state index in [9.17, 15) is 9.90 Å². The van der Waals surface area contributed by atoms with Crippen molar-refractivity contribution in [3.63, 3.8) is 0 Å². The molecule has 2 atom stereocenters. The van der Waals surface area contributed by atoms with Gasteiger partial charge in [0.2, 0.25) is 0 Å². The summed E-state index contributed by atoms with van der Waals surface area (Å²) in [7, 11) is 1.73. The monoisotopic (exact) mass is 572 g/mol. The third-order valence-electron chi connectivity index (χ3n) is 6.71. The van der Waals surface area contributed by atoms with Crippen LogP contribution in [0.4, 0.5) is 15.0 Å². The lowest BCUT2D eigenvalue weighted by atomic mass is 10.0. The highest BCUT2D eigenvalue weighted by Gasteiger charge is 2.29. The first-order valence-electron chi connectivity index (χ1n) is 13.6. The molecule has 0 radical (unpaired) electrons. The van der Waals surface area contributed by atoms with Gasteiger partial charge >= 0.3 is 6.09 Å². The molecule has 1 aliphatic rings. The second-order valence-corrected chi connectivity index (χ2v) is 9.73. The van der Waals surface area contributed by atoms with Gasteiger partial charge in [0.15, 0.2) is 5.82 Å². The maximum atomic E-state index is 15.2. The van der Waals surface area contributed by atoms with Gasteiger partial charge in [0.05, 0.1) is 48.4 Å². The van der Waals surface area contributed by atoms with E-state index in [4.69, 9.17) is 23.7 Å². The van der Waals surface area contributed by atoms with Crippen molar-refractivity contribution in [2.45, 2.75) is 39.8 Å². The lowest BCUT2D eigenvalue weighted by molar-refractivity contribution is -0.00379. The summed E-state index contributed by atoms with van der Waals surface area (Å²) in [5.41, 5.74) is 2.67. The molecule has 0 aliphatic carbocycles. The number of likely N-dealkylation sites (N-methyl/N-ethyl adjacent to an activating group) is 1.